The predicted molar refractivity (Wildman–Crippen MR) is 132 cm³/mol. The maximum absolute atomic E-state index is 6.12. The quantitative estimate of drug-likeness (QED) is 0.306. The van der Waals surface area contributed by atoms with Crippen molar-refractivity contribution in [2.75, 3.05) is 11.6 Å². The Morgan fingerprint density at radius 2 is 1.84 bits per heavy atom. The number of aryl methyl sites for hydroxylation is 1. The Hall–Kier alpha value is -2.77. The number of anilines is 1. The lowest BCUT2D eigenvalue weighted by Crippen LogP contribution is -2.25. The smallest absolute Gasteiger partial charge is 0.172 e. The topological polar surface area (TPSA) is 25.4 Å². The lowest BCUT2D eigenvalue weighted by Gasteiger charge is -2.26. The van der Waals surface area contributed by atoms with Gasteiger partial charge in [0.2, 0.25) is 0 Å². The molecule has 0 spiro atoms. The zero-order valence-corrected chi connectivity index (χ0v) is 19.5. The molecule has 0 N–H and O–H groups in total. The second-order valence-electron chi connectivity index (χ2n) is 8.92. The van der Waals surface area contributed by atoms with Gasteiger partial charge in [-0.2, -0.15) is 0 Å². The van der Waals surface area contributed by atoms with E-state index in [1.165, 1.54) is 54.7 Å². The molecule has 2 heterocycles. The van der Waals surface area contributed by atoms with E-state index in [0.717, 1.165) is 23.6 Å². The Bertz CT molecular complexity index is 1100. The summed E-state index contributed by atoms with van der Waals surface area (Å²) in [6.07, 6.45) is 8.82. The molecule has 1 aromatic heterocycles. The van der Waals surface area contributed by atoms with Gasteiger partial charge in [0, 0.05) is 29.5 Å². The highest BCUT2D eigenvalue weighted by atomic mass is 32.1. The molecule has 0 amide bonds. The van der Waals surface area contributed by atoms with Crippen LogP contribution < -0.4 is 9.64 Å². The van der Waals surface area contributed by atoms with Gasteiger partial charge in [-0.1, -0.05) is 61.9 Å². The fraction of sp³-hybridized carbons (Fsp3) is 0.393. The minimum absolute atomic E-state index is 0.390. The molecule has 1 unspecified atom stereocenters. The first-order valence-electron chi connectivity index (χ1n) is 11.8. The maximum Gasteiger partial charge on any atom is 0.172 e. The Labute approximate surface area is 195 Å². The maximum atomic E-state index is 6.12. The van der Waals surface area contributed by atoms with E-state index < -0.39 is 0 Å². The highest BCUT2D eigenvalue weighted by molar-refractivity contribution is 7.09. The minimum atomic E-state index is 0.390. The van der Waals surface area contributed by atoms with Gasteiger partial charge in [-0.05, 0) is 55.0 Å². The summed E-state index contributed by atoms with van der Waals surface area (Å²) in [5.41, 5.74) is 4.90. The molecule has 0 bridgehead atoms. The number of hydrogen-bond acceptors (Lipinski definition) is 4. The average Bonchev–Trinajstić information content (AvgIpc) is 3.08. The number of para-hydroxylation sites is 1. The fourth-order valence-corrected chi connectivity index (χ4v) is 6.02. The molecule has 4 heteroatoms. The summed E-state index contributed by atoms with van der Waals surface area (Å²) >= 11 is 1.82. The second-order valence-corrected chi connectivity index (χ2v) is 9.81. The van der Waals surface area contributed by atoms with Crippen LogP contribution in [0.3, 0.4) is 0 Å². The molecular formula is C28H30N2OS. The molecule has 1 aliphatic heterocycles. The highest BCUT2D eigenvalue weighted by Crippen LogP contribution is 2.41. The van der Waals surface area contributed by atoms with E-state index in [1.807, 2.05) is 16.2 Å². The number of aromatic nitrogens is 1. The number of ether oxygens (including phenoxy) is 1. The minimum Gasteiger partial charge on any atom is -0.472 e. The van der Waals surface area contributed by atoms with Gasteiger partial charge in [0.05, 0.1) is 5.69 Å². The van der Waals surface area contributed by atoms with Crippen LogP contribution in [0.15, 0.2) is 53.9 Å². The number of hydrogen-bond donors (Lipinski definition) is 0. The van der Waals surface area contributed by atoms with Crippen molar-refractivity contribution >= 4 is 17.0 Å². The summed E-state index contributed by atoms with van der Waals surface area (Å²) in [6, 6.07) is 20.3. The molecule has 1 aliphatic carbocycles. The zero-order chi connectivity index (χ0) is 21.8. The third-order valence-electron chi connectivity index (χ3n) is 6.65. The predicted octanol–water partition coefficient (Wildman–Crippen LogP) is 6.91. The lowest BCUT2D eigenvalue weighted by molar-refractivity contribution is 0.327. The van der Waals surface area contributed by atoms with E-state index in [2.05, 4.69) is 72.8 Å². The van der Waals surface area contributed by atoms with Crippen LogP contribution >= 0.6 is 11.3 Å². The Morgan fingerprint density at radius 1 is 1.06 bits per heavy atom. The molecule has 32 heavy (non-hydrogen) atoms. The van der Waals surface area contributed by atoms with E-state index in [9.17, 15) is 0 Å². The van der Waals surface area contributed by atoms with Crippen LogP contribution in [0, 0.1) is 24.8 Å². The molecule has 164 valence electrons. The third kappa shape index (κ3) is 4.69. The summed E-state index contributed by atoms with van der Waals surface area (Å²) < 4.78 is 6.12. The summed E-state index contributed by atoms with van der Waals surface area (Å²) in [4.78, 5) is 6.90. The molecule has 5 rings (SSSR count). The van der Waals surface area contributed by atoms with Crippen molar-refractivity contribution in [2.24, 2.45) is 5.92 Å². The van der Waals surface area contributed by atoms with Crippen LogP contribution in [0.5, 0.6) is 5.75 Å². The third-order valence-corrected chi connectivity index (χ3v) is 7.69. The number of benzene rings is 2. The van der Waals surface area contributed by atoms with Gasteiger partial charge in [-0.3, -0.25) is 4.90 Å². The summed E-state index contributed by atoms with van der Waals surface area (Å²) in [5.74, 6) is 5.15. The molecule has 3 aromatic rings. The van der Waals surface area contributed by atoms with Crippen molar-refractivity contribution in [2.45, 2.75) is 57.8 Å². The van der Waals surface area contributed by atoms with Gasteiger partial charge in [0.1, 0.15) is 10.8 Å². The summed E-state index contributed by atoms with van der Waals surface area (Å²) in [6.45, 7) is 2.53. The van der Waals surface area contributed by atoms with Crippen LogP contribution in [-0.4, -0.2) is 11.7 Å². The molecule has 1 atom stereocenters. The van der Waals surface area contributed by atoms with Gasteiger partial charge >= 0.3 is 0 Å². The van der Waals surface area contributed by atoms with Crippen molar-refractivity contribution < 1.29 is 4.74 Å². The van der Waals surface area contributed by atoms with Crippen molar-refractivity contribution in [3.05, 3.63) is 75.7 Å². The summed E-state index contributed by atoms with van der Waals surface area (Å²) in [5, 5.41) is 3.46. The van der Waals surface area contributed by atoms with E-state index in [0.29, 0.717) is 18.6 Å². The molecule has 1 fully saturated rings. The number of nitrogens with zero attached hydrogens (tertiary/aromatic N) is 2. The van der Waals surface area contributed by atoms with Gasteiger partial charge in [-0.25, -0.2) is 4.98 Å². The van der Waals surface area contributed by atoms with Gasteiger partial charge in [-0.15, -0.1) is 11.3 Å². The first-order valence-corrected chi connectivity index (χ1v) is 12.6. The normalized spacial score (nSPS) is 17.1. The van der Waals surface area contributed by atoms with Gasteiger partial charge in [0.25, 0.3) is 0 Å². The van der Waals surface area contributed by atoms with E-state index in [4.69, 9.17) is 9.72 Å². The molecule has 3 nitrogen and oxygen atoms in total. The van der Waals surface area contributed by atoms with Crippen molar-refractivity contribution in [1.29, 1.82) is 0 Å². The van der Waals surface area contributed by atoms with E-state index in [1.54, 1.807) is 0 Å². The van der Waals surface area contributed by atoms with Crippen molar-refractivity contribution in [1.82, 2.24) is 4.98 Å². The highest BCUT2D eigenvalue weighted by Gasteiger charge is 2.28. The summed E-state index contributed by atoms with van der Waals surface area (Å²) in [7, 11) is 0. The van der Waals surface area contributed by atoms with Crippen LogP contribution in [0.2, 0.25) is 0 Å². The zero-order valence-electron chi connectivity index (χ0n) is 18.7. The van der Waals surface area contributed by atoms with Crippen molar-refractivity contribution in [3.63, 3.8) is 0 Å². The molecule has 1 saturated carbocycles. The Kier molecular flexibility index (Phi) is 6.46. The SMILES string of the molecule is Cc1csc(C(c2ccc(OCN3C#CCc4ccccc43)cc2)C2CCCCCC2)n1. The molecule has 0 radical (unpaired) electrons. The fourth-order valence-electron chi connectivity index (χ4n) is 5.00. The van der Waals surface area contributed by atoms with Crippen LogP contribution in [0.1, 0.15) is 66.3 Å². The van der Waals surface area contributed by atoms with Crippen LogP contribution in [-0.2, 0) is 6.42 Å². The first kappa shape index (κ1) is 21.1. The second kappa shape index (κ2) is 9.79. The lowest BCUT2D eigenvalue weighted by atomic mass is 9.81. The largest absolute Gasteiger partial charge is 0.472 e. The molecule has 0 saturated heterocycles. The average molecular weight is 443 g/mol. The number of fused-ring (bicyclic) bond motifs is 1. The first-order chi connectivity index (χ1) is 15.8. The van der Waals surface area contributed by atoms with Gasteiger partial charge in [0.15, 0.2) is 6.73 Å². The van der Waals surface area contributed by atoms with Crippen LogP contribution in [0.4, 0.5) is 5.69 Å². The number of thiazole rings is 1. The standard InChI is InChI=1S/C28H30N2OS/c1-21-19-32-28(29-21)27(23-10-4-2-3-5-11-23)24-14-16-25(17-15-24)31-20-30-18-8-12-22-9-6-7-13-26(22)30/h6-7,9,13-17,19,23,27H,2-5,10-12,20H2,1H3. The molecule has 2 aliphatic rings. The molecule has 2 aromatic carbocycles. The van der Waals surface area contributed by atoms with Crippen LogP contribution in [0.25, 0.3) is 0 Å². The van der Waals surface area contributed by atoms with E-state index >= 15 is 0 Å². The molecular weight excluding hydrogens is 412 g/mol. The monoisotopic (exact) mass is 442 g/mol. The van der Waals surface area contributed by atoms with Crippen molar-refractivity contribution in [3.8, 4) is 17.7 Å². The number of rotatable bonds is 6. The Balaban J connectivity index is 1.32. The Morgan fingerprint density at radius 3 is 2.59 bits per heavy atom. The van der Waals surface area contributed by atoms with Gasteiger partial charge < -0.3 is 4.74 Å². The van der Waals surface area contributed by atoms with E-state index in [-0.39, 0.29) is 0 Å².